The van der Waals surface area contributed by atoms with Gasteiger partial charge in [0.2, 0.25) is 0 Å². The van der Waals surface area contributed by atoms with Gasteiger partial charge in [-0.05, 0) is 36.5 Å². The zero-order chi connectivity index (χ0) is 19.6. The molecule has 0 atom stereocenters. The van der Waals surface area contributed by atoms with Crippen molar-refractivity contribution in [1.29, 1.82) is 0 Å². The number of aryl methyl sites for hydroxylation is 1. The number of nitrogens with zero attached hydrogens (tertiary/aromatic N) is 4. The maximum Gasteiger partial charge on any atom is 0.262 e. The lowest BCUT2D eigenvalue weighted by molar-refractivity contribution is 0.316. The molecule has 7 heteroatoms. The number of benzene rings is 1. The zero-order valence-electron chi connectivity index (χ0n) is 15.9. The molecule has 1 aromatic carbocycles. The van der Waals surface area contributed by atoms with Gasteiger partial charge in [0.15, 0.2) is 5.03 Å². The Morgan fingerprint density at radius 1 is 1.00 bits per heavy atom. The summed E-state index contributed by atoms with van der Waals surface area (Å²) in [5.41, 5.74) is 3.50. The van der Waals surface area contributed by atoms with Crippen LogP contribution in [0.2, 0.25) is 0 Å². The van der Waals surface area contributed by atoms with Crippen molar-refractivity contribution in [1.82, 2.24) is 18.8 Å². The van der Waals surface area contributed by atoms with E-state index in [1.807, 2.05) is 24.4 Å². The smallest absolute Gasteiger partial charge is 0.262 e. The van der Waals surface area contributed by atoms with Crippen LogP contribution in [-0.2, 0) is 23.5 Å². The van der Waals surface area contributed by atoms with Crippen LogP contribution in [0.3, 0.4) is 0 Å². The average Bonchev–Trinajstić information content (AvgIpc) is 3.17. The molecule has 1 fully saturated rings. The maximum atomic E-state index is 12.7. The molecule has 3 aromatic rings. The summed E-state index contributed by atoms with van der Waals surface area (Å²) >= 11 is 0. The fourth-order valence-corrected chi connectivity index (χ4v) is 5.10. The summed E-state index contributed by atoms with van der Waals surface area (Å²) in [6.45, 7) is 0.994. The number of sulfonamides is 1. The molecule has 0 amide bonds. The van der Waals surface area contributed by atoms with Crippen molar-refractivity contribution in [2.45, 2.75) is 30.2 Å². The Morgan fingerprint density at radius 3 is 2.36 bits per heavy atom. The van der Waals surface area contributed by atoms with Gasteiger partial charge in [0.05, 0.1) is 6.33 Å². The fourth-order valence-electron chi connectivity index (χ4n) is 3.66. The third-order valence-electron chi connectivity index (χ3n) is 5.26. The van der Waals surface area contributed by atoms with Gasteiger partial charge in [-0.3, -0.25) is 4.98 Å². The Labute approximate surface area is 165 Å². The van der Waals surface area contributed by atoms with Crippen molar-refractivity contribution in [2.24, 2.45) is 7.05 Å². The third kappa shape index (κ3) is 4.00. The number of hydrogen-bond acceptors (Lipinski definition) is 4. The largest absolute Gasteiger partial charge is 0.339 e. The molecule has 1 aliphatic heterocycles. The molecule has 6 nitrogen and oxygen atoms in total. The van der Waals surface area contributed by atoms with Crippen LogP contribution >= 0.6 is 0 Å². The van der Waals surface area contributed by atoms with Gasteiger partial charge in [-0.25, -0.2) is 13.4 Å². The van der Waals surface area contributed by atoms with Gasteiger partial charge in [0.1, 0.15) is 0 Å². The lowest BCUT2D eigenvalue weighted by Crippen LogP contribution is -2.38. The molecule has 4 rings (SSSR count). The molecule has 0 N–H and O–H groups in total. The molecule has 0 aliphatic carbocycles. The molecule has 0 bridgehead atoms. The average molecular weight is 397 g/mol. The molecule has 0 unspecified atom stereocenters. The minimum Gasteiger partial charge on any atom is -0.339 e. The van der Waals surface area contributed by atoms with Crippen molar-refractivity contribution < 1.29 is 8.42 Å². The fraction of sp³-hybridized carbons (Fsp3) is 0.333. The molecule has 1 aliphatic rings. The Hall–Kier alpha value is -2.51. The lowest BCUT2D eigenvalue weighted by Gasteiger charge is -2.30. The molecule has 146 valence electrons. The monoisotopic (exact) mass is 396 g/mol. The van der Waals surface area contributed by atoms with E-state index in [2.05, 4.69) is 34.2 Å². The highest BCUT2D eigenvalue weighted by molar-refractivity contribution is 7.89. The van der Waals surface area contributed by atoms with Gasteiger partial charge in [-0.1, -0.05) is 36.4 Å². The minimum atomic E-state index is -3.51. The highest BCUT2D eigenvalue weighted by Crippen LogP contribution is 2.29. The second kappa shape index (κ2) is 7.85. The Bertz CT molecular complexity index is 1020. The van der Waals surface area contributed by atoms with Gasteiger partial charge < -0.3 is 4.57 Å². The molecule has 2 aromatic heterocycles. The molecule has 0 spiro atoms. The maximum absolute atomic E-state index is 12.7. The first-order chi connectivity index (χ1) is 13.5. The predicted octanol–water partition coefficient (Wildman–Crippen LogP) is 2.97. The van der Waals surface area contributed by atoms with E-state index in [9.17, 15) is 8.42 Å². The number of piperidine rings is 1. The molecular formula is C21H24N4O2S. The van der Waals surface area contributed by atoms with Crippen LogP contribution in [0.15, 0.2) is 66.2 Å². The summed E-state index contributed by atoms with van der Waals surface area (Å²) in [5, 5.41) is 0.122. The topological polar surface area (TPSA) is 68.1 Å². The molecule has 0 radical (unpaired) electrons. The van der Waals surface area contributed by atoms with E-state index in [4.69, 9.17) is 0 Å². The van der Waals surface area contributed by atoms with E-state index >= 15 is 0 Å². The van der Waals surface area contributed by atoms with Gasteiger partial charge in [-0.2, -0.15) is 4.31 Å². The Kier molecular flexibility index (Phi) is 5.28. The van der Waals surface area contributed by atoms with E-state index < -0.39 is 10.0 Å². The normalized spacial score (nSPS) is 16.3. The summed E-state index contributed by atoms with van der Waals surface area (Å²) in [5.74, 6) is 0.293. The Morgan fingerprint density at radius 2 is 1.75 bits per heavy atom. The highest BCUT2D eigenvalue weighted by atomic mass is 32.2. The first-order valence-electron chi connectivity index (χ1n) is 9.49. The number of hydrogen-bond donors (Lipinski definition) is 0. The summed E-state index contributed by atoms with van der Waals surface area (Å²) in [6.07, 6.45) is 7.43. The van der Waals surface area contributed by atoms with Crippen LogP contribution in [0.1, 0.15) is 35.6 Å². The van der Waals surface area contributed by atoms with Crippen molar-refractivity contribution in [2.75, 3.05) is 13.1 Å². The molecule has 0 saturated carbocycles. The first-order valence-corrected chi connectivity index (χ1v) is 10.9. The van der Waals surface area contributed by atoms with Crippen LogP contribution in [0.4, 0.5) is 0 Å². The molecule has 1 saturated heterocycles. The van der Waals surface area contributed by atoms with Gasteiger partial charge in [-0.15, -0.1) is 0 Å². The molecule has 28 heavy (non-hydrogen) atoms. The number of aromatic nitrogens is 3. The number of imidazole rings is 1. The van der Waals surface area contributed by atoms with Crippen molar-refractivity contribution in [3.05, 3.63) is 78.0 Å². The number of rotatable bonds is 5. The third-order valence-corrected chi connectivity index (χ3v) is 7.04. The van der Waals surface area contributed by atoms with E-state index in [0.717, 1.165) is 25.0 Å². The van der Waals surface area contributed by atoms with Gasteiger partial charge >= 0.3 is 0 Å². The molecular weight excluding hydrogens is 372 g/mol. The van der Waals surface area contributed by atoms with E-state index in [0.29, 0.717) is 19.0 Å². The lowest BCUT2D eigenvalue weighted by atomic mass is 9.93. The van der Waals surface area contributed by atoms with E-state index in [1.54, 1.807) is 17.8 Å². The highest BCUT2D eigenvalue weighted by Gasteiger charge is 2.31. The second-order valence-electron chi connectivity index (χ2n) is 7.31. The summed E-state index contributed by atoms with van der Waals surface area (Å²) in [6, 6.07) is 14.6. The van der Waals surface area contributed by atoms with Crippen LogP contribution < -0.4 is 0 Å². The predicted molar refractivity (Wildman–Crippen MR) is 107 cm³/mol. The van der Waals surface area contributed by atoms with Crippen LogP contribution in [0.25, 0.3) is 0 Å². The minimum absolute atomic E-state index is 0.122. The van der Waals surface area contributed by atoms with Crippen LogP contribution in [-0.4, -0.2) is 40.3 Å². The van der Waals surface area contributed by atoms with Gasteiger partial charge in [0, 0.05) is 44.1 Å². The zero-order valence-corrected chi connectivity index (χ0v) is 16.7. The summed E-state index contributed by atoms with van der Waals surface area (Å²) < 4.78 is 28.6. The van der Waals surface area contributed by atoms with Crippen molar-refractivity contribution >= 4 is 10.0 Å². The van der Waals surface area contributed by atoms with E-state index in [1.165, 1.54) is 21.8 Å². The second-order valence-corrected chi connectivity index (χ2v) is 9.19. The molecule has 3 heterocycles. The Balaban J connectivity index is 1.38. The summed E-state index contributed by atoms with van der Waals surface area (Å²) in [7, 11) is -1.74. The van der Waals surface area contributed by atoms with Crippen LogP contribution in [0, 0.1) is 0 Å². The standard InChI is InChI=1S/C21H24N4O2S/c1-24-15-21(23-16-24)28(26,27)25-11-9-19(10-12-25)20-8-7-18(14-22-20)13-17-5-3-2-4-6-17/h2-8,14-16,19H,9-13H2,1H3. The SMILES string of the molecule is Cn1cnc(S(=O)(=O)N2CCC(c3ccc(Cc4ccccc4)cn3)CC2)c1. The first kappa shape index (κ1) is 18.8. The van der Waals surface area contributed by atoms with E-state index in [-0.39, 0.29) is 5.03 Å². The van der Waals surface area contributed by atoms with Gasteiger partial charge in [0.25, 0.3) is 10.0 Å². The summed E-state index contributed by atoms with van der Waals surface area (Å²) in [4.78, 5) is 8.67. The van der Waals surface area contributed by atoms with Crippen LogP contribution in [0.5, 0.6) is 0 Å². The quantitative estimate of drug-likeness (QED) is 0.665. The number of pyridine rings is 1. The van der Waals surface area contributed by atoms with Crippen molar-refractivity contribution in [3.63, 3.8) is 0 Å². The van der Waals surface area contributed by atoms with Crippen molar-refractivity contribution in [3.8, 4) is 0 Å².